The van der Waals surface area contributed by atoms with E-state index in [2.05, 4.69) is 217 Å². The molecule has 4 aliphatic rings. The van der Waals surface area contributed by atoms with Crippen LogP contribution < -0.4 is 4.90 Å². The normalized spacial score (nSPS) is 16.7. The molecule has 59 heavy (non-hydrogen) atoms. The summed E-state index contributed by atoms with van der Waals surface area (Å²) in [6, 6.07) is 75.6. The van der Waals surface area contributed by atoms with Crippen LogP contribution in [0.5, 0.6) is 0 Å². The fourth-order valence-electron chi connectivity index (χ4n) is 12.2. The lowest BCUT2D eigenvalue weighted by atomic mass is 9.65. The lowest BCUT2D eigenvalue weighted by molar-refractivity contribution is 0.702. The molecule has 0 saturated heterocycles. The van der Waals surface area contributed by atoms with Crippen molar-refractivity contribution in [1.82, 2.24) is 4.57 Å². The molecular weight excluding hydrogens is 713 g/mol. The Hall–Kier alpha value is -7.42. The van der Waals surface area contributed by atoms with Gasteiger partial charge in [-0.15, -0.1) is 0 Å². The molecule has 0 fully saturated rings. The summed E-state index contributed by atoms with van der Waals surface area (Å²) < 4.78 is 2.61. The first-order valence-electron chi connectivity index (χ1n) is 20.8. The van der Waals surface area contributed by atoms with Crippen LogP contribution in [0.25, 0.3) is 60.9 Å². The van der Waals surface area contributed by atoms with E-state index >= 15 is 0 Å². The highest BCUT2D eigenvalue weighted by molar-refractivity contribution is 6.14. The Kier molecular flexibility index (Phi) is 5.87. The van der Waals surface area contributed by atoms with E-state index in [0.29, 0.717) is 0 Å². The van der Waals surface area contributed by atoms with Crippen molar-refractivity contribution in [2.24, 2.45) is 0 Å². The number of benzene rings is 9. The van der Waals surface area contributed by atoms with Crippen molar-refractivity contribution < 1.29 is 0 Å². The second-order valence-electron chi connectivity index (χ2n) is 16.8. The Morgan fingerprint density at radius 2 is 0.831 bits per heavy atom. The molecule has 1 spiro atoms. The molecule has 9 aromatic carbocycles. The van der Waals surface area contributed by atoms with E-state index in [0.717, 1.165) is 0 Å². The largest absolute Gasteiger partial charge is 0.309 e. The average Bonchev–Trinajstić information content (AvgIpc) is 3.89. The molecule has 0 saturated carbocycles. The number of para-hydroxylation sites is 5. The predicted octanol–water partition coefficient (Wildman–Crippen LogP) is 14.2. The van der Waals surface area contributed by atoms with Gasteiger partial charge in [0.1, 0.15) is 0 Å². The van der Waals surface area contributed by atoms with Gasteiger partial charge in [0.25, 0.3) is 0 Å². The van der Waals surface area contributed by atoms with Crippen LogP contribution in [0.3, 0.4) is 0 Å². The molecule has 2 aliphatic heterocycles. The molecule has 2 aliphatic carbocycles. The van der Waals surface area contributed by atoms with Crippen LogP contribution in [0.1, 0.15) is 45.9 Å². The Labute approximate surface area is 342 Å². The number of hydrogen-bond acceptors (Lipinski definition) is 1. The van der Waals surface area contributed by atoms with Gasteiger partial charge in [0.05, 0.1) is 39.2 Å². The van der Waals surface area contributed by atoms with Crippen molar-refractivity contribution in [3.63, 3.8) is 0 Å². The number of aromatic nitrogens is 1. The molecule has 1 atom stereocenters. The van der Waals surface area contributed by atoms with Gasteiger partial charge in [0.15, 0.2) is 0 Å². The molecule has 14 rings (SSSR count). The molecule has 274 valence electrons. The topological polar surface area (TPSA) is 8.17 Å². The molecule has 1 aromatic heterocycles. The summed E-state index contributed by atoms with van der Waals surface area (Å²) in [5, 5.41) is 2.57. The van der Waals surface area contributed by atoms with Crippen LogP contribution in [0.2, 0.25) is 0 Å². The molecule has 2 nitrogen and oxygen atoms in total. The van der Waals surface area contributed by atoms with Crippen LogP contribution in [0, 0.1) is 0 Å². The Morgan fingerprint density at radius 1 is 0.339 bits per heavy atom. The van der Waals surface area contributed by atoms with E-state index in [-0.39, 0.29) is 5.41 Å². The first kappa shape index (κ1) is 31.6. The highest BCUT2D eigenvalue weighted by Crippen LogP contribution is 2.65. The van der Waals surface area contributed by atoms with Gasteiger partial charge in [0, 0.05) is 27.3 Å². The summed E-state index contributed by atoms with van der Waals surface area (Å²) in [5.74, 6) is 0. The van der Waals surface area contributed by atoms with Crippen molar-refractivity contribution in [2.45, 2.75) is 17.8 Å². The third-order valence-electron chi connectivity index (χ3n) is 14.4. The number of hydrogen-bond donors (Lipinski definition) is 0. The second kappa shape index (κ2) is 10.9. The summed E-state index contributed by atoms with van der Waals surface area (Å²) >= 11 is 0. The van der Waals surface area contributed by atoms with Crippen molar-refractivity contribution in [2.75, 3.05) is 4.90 Å². The number of rotatable bonds is 2. The lowest BCUT2D eigenvalue weighted by Crippen LogP contribution is -2.34. The Morgan fingerprint density at radius 3 is 1.61 bits per heavy atom. The second-order valence-corrected chi connectivity index (χ2v) is 16.8. The van der Waals surface area contributed by atoms with Gasteiger partial charge in [-0.2, -0.15) is 0 Å². The number of anilines is 3. The Balaban J connectivity index is 1.12. The van der Waals surface area contributed by atoms with Crippen molar-refractivity contribution >= 4 is 38.9 Å². The molecule has 0 N–H and O–H groups in total. The zero-order valence-electron chi connectivity index (χ0n) is 32.4. The zero-order valence-corrected chi connectivity index (χ0v) is 32.4. The Bertz CT molecular complexity index is 3450. The molecule has 10 aromatic rings. The molecular formula is C57H36N2. The molecule has 0 amide bonds. The summed E-state index contributed by atoms with van der Waals surface area (Å²) in [6.07, 6.45) is 0. The summed E-state index contributed by atoms with van der Waals surface area (Å²) in [6.45, 7) is 2.44. The van der Waals surface area contributed by atoms with Gasteiger partial charge in [-0.3, -0.25) is 0 Å². The zero-order chi connectivity index (χ0) is 38.6. The van der Waals surface area contributed by atoms with Gasteiger partial charge in [-0.1, -0.05) is 176 Å². The van der Waals surface area contributed by atoms with Crippen molar-refractivity contribution in [3.05, 3.63) is 239 Å². The lowest BCUT2D eigenvalue weighted by Gasteiger charge is -2.43. The maximum Gasteiger partial charge on any atom is 0.0754 e. The highest BCUT2D eigenvalue weighted by atomic mass is 15.2. The van der Waals surface area contributed by atoms with Crippen molar-refractivity contribution in [1.29, 1.82) is 0 Å². The van der Waals surface area contributed by atoms with E-state index in [1.807, 2.05) is 0 Å². The number of nitrogens with zero attached hydrogens (tertiary/aromatic N) is 2. The van der Waals surface area contributed by atoms with E-state index in [1.165, 1.54) is 117 Å². The molecule has 1 unspecified atom stereocenters. The number of fused-ring (bicyclic) bond motifs is 17. The van der Waals surface area contributed by atoms with Gasteiger partial charge >= 0.3 is 0 Å². The predicted molar refractivity (Wildman–Crippen MR) is 243 cm³/mol. The molecule has 0 bridgehead atoms. The first-order valence-corrected chi connectivity index (χ1v) is 20.8. The fourth-order valence-corrected chi connectivity index (χ4v) is 12.2. The van der Waals surface area contributed by atoms with Crippen LogP contribution in [-0.2, 0) is 10.8 Å². The van der Waals surface area contributed by atoms with Crippen LogP contribution in [-0.4, -0.2) is 4.57 Å². The SMILES string of the molecule is CC12c3ccccc3-c3cccc(c31)N(c1ccccc1-c1cccc3c1-n1c4ccccc4c4cccc(c41)C31c3ccccc3-c3ccccc31)c1ccccc12. The summed E-state index contributed by atoms with van der Waals surface area (Å²) in [5.41, 5.74) is 23.8. The van der Waals surface area contributed by atoms with Gasteiger partial charge in [-0.25, -0.2) is 0 Å². The van der Waals surface area contributed by atoms with E-state index in [4.69, 9.17) is 0 Å². The van der Waals surface area contributed by atoms with Crippen LogP contribution in [0.15, 0.2) is 200 Å². The maximum absolute atomic E-state index is 2.61. The minimum atomic E-state index is -0.511. The smallest absolute Gasteiger partial charge is 0.0754 e. The van der Waals surface area contributed by atoms with E-state index in [1.54, 1.807) is 0 Å². The molecule has 0 radical (unpaired) electrons. The summed E-state index contributed by atoms with van der Waals surface area (Å²) in [7, 11) is 0. The highest BCUT2D eigenvalue weighted by Gasteiger charge is 2.52. The minimum Gasteiger partial charge on any atom is -0.309 e. The third kappa shape index (κ3) is 3.58. The molecule has 3 heterocycles. The maximum atomic E-state index is 2.61. The molecule has 2 heteroatoms. The monoisotopic (exact) mass is 748 g/mol. The van der Waals surface area contributed by atoms with Gasteiger partial charge < -0.3 is 9.47 Å². The van der Waals surface area contributed by atoms with Crippen LogP contribution >= 0.6 is 0 Å². The fraction of sp³-hybridized carbons (Fsp3) is 0.0526. The van der Waals surface area contributed by atoms with Gasteiger partial charge in [-0.05, 0) is 92.4 Å². The quantitative estimate of drug-likeness (QED) is 0.171. The first-order chi connectivity index (χ1) is 29.2. The third-order valence-corrected chi connectivity index (χ3v) is 14.4. The standard InChI is InChI=1S/C57H36N2/c1-56-43-25-7-2-19-37(43)40-22-16-34-52(53(40)56)58(51-33-13-10-28-46(51)56)49-31-11-5-20-38(49)41-23-14-29-47-54(41)59-50-32-12-6-21-39(50)42-24-15-30-48(55(42)59)57(47)44-26-8-3-17-35(44)36-18-4-9-27-45(36)57/h2-34H,1H3. The minimum absolute atomic E-state index is 0.272. The van der Waals surface area contributed by atoms with Crippen molar-refractivity contribution in [3.8, 4) is 39.1 Å². The summed E-state index contributed by atoms with van der Waals surface area (Å²) in [4.78, 5) is 2.56. The average molecular weight is 749 g/mol. The van der Waals surface area contributed by atoms with E-state index in [9.17, 15) is 0 Å². The van der Waals surface area contributed by atoms with E-state index < -0.39 is 5.41 Å². The van der Waals surface area contributed by atoms with Gasteiger partial charge in [0.2, 0.25) is 0 Å². The van der Waals surface area contributed by atoms with Crippen LogP contribution in [0.4, 0.5) is 17.1 Å².